The molecule has 16 heavy (non-hydrogen) atoms. The topological polar surface area (TPSA) is 51.1 Å². The van der Waals surface area contributed by atoms with E-state index < -0.39 is 10.0 Å². The molecule has 0 amide bonds. The molecule has 86 valence electrons. The molecule has 0 saturated carbocycles. The van der Waals surface area contributed by atoms with Crippen molar-refractivity contribution in [1.29, 1.82) is 0 Å². The molecule has 2 aromatic rings. The summed E-state index contributed by atoms with van der Waals surface area (Å²) in [4.78, 5) is 0. The third-order valence-electron chi connectivity index (χ3n) is 2.09. The minimum Gasteiger partial charge on any atom is -0.353 e. The molecular formula is C10H12N2O2S2. The number of nitrogens with one attached hydrogen (secondary N) is 1. The maximum Gasteiger partial charge on any atom is 0.250 e. The van der Waals surface area contributed by atoms with Crippen molar-refractivity contribution in [2.45, 2.75) is 10.8 Å². The number of rotatable bonds is 5. The Morgan fingerprint density at radius 1 is 1.25 bits per heavy atom. The maximum atomic E-state index is 11.7. The van der Waals surface area contributed by atoms with Crippen LogP contribution in [0.15, 0.2) is 46.2 Å². The normalized spacial score (nSPS) is 11.8. The van der Waals surface area contributed by atoms with Crippen LogP contribution in [0.1, 0.15) is 0 Å². The molecule has 2 aromatic heterocycles. The lowest BCUT2D eigenvalue weighted by Gasteiger charge is -2.05. The third-order valence-corrected chi connectivity index (χ3v) is 4.95. The Morgan fingerprint density at radius 3 is 2.62 bits per heavy atom. The quantitative estimate of drug-likeness (QED) is 0.882. The molecule has 0 aliphatic heterocycles. The van der Waals surface area contributed by atoms with Gasteiger partial charge in [0.15, 0.2) is 0 Å². The molecule has 6 heteroatoms. The van der Waals surface area contributed by atoms with Gasteiger partial charge in [0.2, 0.25) is 10.0 Å². The minimum absolute atomic E-state index is 0.361. The van der Waals surface area contributed by atoms with E-state index in [0.29, 0.717) is 17.3 Å². The molecule has 2 rings (SSSR count). The molecule has 0 spiro atoms. The van der Waals surface area contributed by atoms with Crippen LogP contribution in [0.4, 0.5) is 0 Å². The van der Waals surface area contributed by atoms with Gasteiger partial charge >= 0.3 is 0 Å². The monoisotopic (exact) mass is 256 g/mol. The van der Waals surface area contributed by atoms with Gasteiger partial charge in [-0.05, 0) is 23.6 Å². The molecule has 2 heterocycles. The van der Waals surface area contributed by atoms with Gasteiger partial charge in [-0.3, -0.25) is 0 Å². The van der Waals surface area contributed by atoms with Crippen LogP contribution in [0, 0.1) is 0 Å². The summed E-state index contributed by atoms with van der Waals surface area (Å²) in [6.45, 7) is 1.03. The van der Waals surface area contributed by atoms with Crippen molar-refractivity contribution in [2.75, 3.05) is 6.54 Å². The summed E-state index contributed by atoms with van der Waals surface area (Å²) < 4.78 is 28.3. The fourth-order valence-electron chi connectivity index (χ4n) is 1.32. The number of thiophene rings is 1. The van der Waals surface area contributed by atoms with Gasteiger partial charge in [-0.25, -0.2) is 13.1 Å². The van der Waals surface area contributed by atoms with Crippen molar-refractivity contribution in [3.63, 3.8) is 0 Å². The first-order chi connectivity index (χ1) is 7.68. The van der Waals surface area contributed by atoms with Crippen LogP contribution in [0.5, 0.6) is 0 Å². The number of aromatic nitrogens is 1. The first-order valence-electron chi connectivity index (χ1n) is 4.82. The van der Waals surface area contributed by atoms with E-state index in [-0.39, 0.29) is 0 Å². The standard InChI is InChI=1S/C10H12N2O2S2/c13-16(14,10-4-3-9-15-10)11-5-8-12-6-1-2-7-12/h1-4,6-7,9,11H,5,8H2. The van der Waals surface area contributed by atoms with Gasteiger partial charge < -0.3 is 4.57 Å². The second-order valence-electron chi connectivity index (χ2n) is 3.25. The fourth-order valence-corrected chi connectivity index (χ4v) is 3.37. The second-order valence-corrected chi connectivity index (χ2v) is 6.19. The van der Waals surface area contributed by atoms with Gasteiger partial charge in [-0.1, -0.05) is 6.07 Å². The summed E-state index contributed by atoms with van der Waals surface area (Å²) >= 11 is 1.22. The fraction of sp³-hybridized carbons (Fsp3) is 0.200. The van der Waals surface area contributed by atoms with Gasteiger partial charge in [0.25, 0.3) is 0 Å². The highest BCUT2D eigenvalue weighted by atomic mass is 32.2. The van der Waals surface area contributed by atoms with Crippen LogP contribution < -0.4 is 4.72 Å². The van der Waals surface area contributed by atoms with E-state index >= 15 is 0 Å². The number of hydrogen-bond donors (Lipinski definition) is 1. The Morgan fingerprint density at radius 2 is 2.00 bits per heavy atom. The molecule has 0 bridgehead atoms. The predicted molar refractivity (Wildman–Crippen MR) is 63.9 cm³/mol. The molecular weight excluding hydrogens is 244 g/mol. The van der Waals surface area contributed by atoms with Crippen molar-refractivity contribution >= 4 is 21.4 Å². The maximum absolute atomic E-state index is 11.7. The molecule has 0 aliphatic carbocycles. The predicted octanol–water partition coefficient (Wildman–Crippen LogP) is 1.53. The van der Waals surface area contributed by atoms with E-state index in [0.717, 1.165) is 0 Å². The van der Waals surface area contributed by atoms with E-state index in [2.05, 4.69) is 4.72 Å². The average molecular weight is 256 g/mol. The Balaban J connectivity index is 1.91. The first-order valence-corrected chi connectivity index (χ1v) is 7.19. The second kappa shape index (κ2) is 4.82. The van der Waals surface area contributed by atoms with Gasteiger partial charge in [-0.2, -0.15) is 0 Å². The van der Waals surface area contributed by atoms with E-state index in [9.17, 15) is 8.42 Å². The summed E-state index contributed by atoms with van der Waals surface area (Å²) in [5.74, 6) is 0. The average Bonchev–Trinajstić information content (AvgIpc) is 2.90. The lowest BCUT2D eigenvalue weighted by Crippen LogP contribution is -2.26. The Kier molecular flexibility index (Phi) is 3.42. The van der Waals surface area contributed by atoms with E-state index in [1.165, 1.54) is 11.3 Å². The summed E-state index contributed by atoms with van der Waals surface area (Å²) in [5, 5.41) is 1.75. The smallest absolute Gasteiger partial charge is 0.250 e. The molecule has 4 nitrogen and oxygen atoms in total. The Bertz CT molecular complexity index is 515. The van der Waals surface area contributed by atoms with Crippen LogP contribution in [0.25, 0.3) is 0 Å². The highest BCUT2D eigenvalue weighted by molar-refractivity contribution is 7.91. The van der Waals surface area contributed by atoms with Gasteiger partial charge in [0.1, 0.15) is 4.21 Å². The lowest BCUT2D eigenvalue weighted by molar-refractivity contribution is 0.575. The first kappa shape index (κ1) is 11.4. The van der Waals surface area contributed by atoms with Crippen LogP contribution in [0.3, 0.4) is 0 Å². The Hall–Kier alpha value is -1.11. The molecule has 0 unspecified atom stereocenters. The van der Waals surface area contributed by atoms with Crippen molar-refractivity contribution in [2.24, 2.45) is 0 Å². The van der Waals surface area contributed by atoms with Crippen LogP contribution in [0.2, 0.25) is 0 Å². The minimum atomic E-state index is -3.31. The van der Waals surface area contributed by atoms with Gasteiger partial charge in [-0.15, -0.1) is 11.3 Å². The summed E-state index contributed by atoms with van der Waals surface area (Å²) in [6, 6.07) is 7.15. The molecule has 0 aromatic carbocycles. The third kappa shape index (κ3) is 2.72. The van der Waals surface area contributed by atoms with Crippen LogP contribution >= 0.6 is 11.3 Å². The summed E-state index contributed by atoms with van der Waals surface area (Å²) in [7, 11) is -3.31. The molecule has 1 N–H and O–H groups in total. The summed E-state index contributed by atoms with van der Waals surface area (Å²) in [5.41, 5.74) is 0. The van der Waals surface area contributed by atoms with Crippen molar-refractivity contribution in [3.8, 4) is 0 Å². The molecule has 0 saturated heterocycles. The number of nitrogens with zero attached hydrogens (tertiary/aromatic N) is 1. The molecule has 0 aliphatic rings. The molecule has 0 fully saturated rings. The van der Waals surface area contributed by atoms with Crippen molar-refractivity contribution in [1.82, 2.24) is 9.29 Å². The highest BCUT2D eigenvalue weighted by Crippen LogP contribution is 2.14. The van der Waals surface area contributed by atoms with E-state index in [1.807, 2.05) is 29.1 Å². The SMILES string of the molecule is O=S(=O)(NCCn1cccc1)c1cccs1. The Labute approximate surface area is 98.6 Å². The van der Waals surface area contributed by atoms with E-state index in [1.54, 1.807) is 17.5 Å². The molecule has 0 radical (unpaired) electrons. The van der Waals surface area contributed by atoms with Gasteiger partial charge in [0.05, 0.1) is 0 Å². The van der Waals surface area contributed by atoms with E-state index in [4.69, 9.17) is 0 Å². The summed E-state index contributed by atoms with van der Waals surface area (Å²) in [6.07, 6.45) is 3.80. The largest absolute Gasteiger partial charge is 0.353 e. The zero-order valence-corrected chi connectivity index (χ0v) is 10.2. The van der Waals surface area contributed by atoms with Crippen molar-refractivity contribution in [3.05, 3.63) is 42.0 Å². The highest BCUT2D eigenvalue weighted by Gasteiger charge is 2.13. The van der Waals surface area contributed by atoms with Gasteiger partial charge in [0, 0.05) is 25.5 Å². The lowest BCUT2D eigenvalue weighted by atomic mass is 10.6. The number of hydrogen-bond acceptors (Lipinski definition) is 3. The number of sulfonamides is 1. The van der Waals surface area contributed by atoms with Crippen LogP contribution in [-0.4, -0.2) is 19.5 Å². The zero-order chi connectivity index (χ0) is 11.4. The van der Waals surface area contributed by atoms with Crippen LogP contribution in [-0.2, 0) is 16.6 Å². The molecule has 0 atom stereocenters. The zero-order valence-electron chi connectivity index (χ0n) is 8.54. The van der Waals surface area contributed by atoms with Crippen molar-refractivity contribution < 1.29 is 8.42 Å².